The van der Waals surface area contributed by atoms with Gasteiger partial charge in [0.1, 0.15) is 5.76 Å². The Morgan fingerprint density at radius 1 is 1.26 bits per heavy atom. The summed E-state index contributed by atoms with van der Waals surface area (Å²) in [6.07, 6.45) is 1.44. The van der Waals surface area contributed by atoms with E-state index in [0.29, 0.717) is 11.4 Å². The number of aryl methyl sites for hydroxylation is 1. The van der Waals surface area contributed by atoms with Gasteiger partial charge in [0.15, 0.2) is 8.68 Å². The highest BCUT2D eigenvalue weighted by Crippen LogP contribution is 2.30. The molecule has 7 nitrogen and oxygen atoms in total. The summed E-state index contributed by atoms with van der Waals surface area (Å²) in [5.74, 6) is -0.0519. The lowest BCUT2D eigenvalue weighted by molar-refractivity contribution is -0.116. The zero-order chi connectivity index (χ0) is 19.4. The zero-order valence-corrected chi connectivity index (χ0v) is 16.6. The van der Waals surface area contributed by atoms with E-state index in [-0.39, 0.29) is 27.5 Å². The molecule has 0 bridgehead atoms. The second kappa shape index (κ2) is 8.22. The SMILES string of the molecule is Cc1nc(Cl)sc1S(=O)(=O)N(CC(=O)Nc1ccccc1)Cc1ccco1. The molecule has 10 heteroatoms. The predicted octanol–water partition coefficient (Wildman–Crippen LogP) is 3.53. The highest BCUT2D eigenvalue weighted by Gasteiger charge is 2.31. The molecule has 0 spiro atoms. The minimum Gasteiger partial charge on any atom is -0.468 e. The number of anilines is 1. The second-order valence-corrected chi connectivity index (χ2v) is 9.32. The fraction of sp³-hybridized carbons (Fsp3) is 0.176. The number of rotatable bonds is 7. The Hall–Kier alpha value is -2.20. The van der Waals surface area contributed by atoms with Crippen molar-refractivity contribution in [3.05, 3.63) is 64.6 Å². The van der Waals surface area contributed by atoms with E-state index in [1.165, 1.54) is 6.26 Å². The van der Waals surface area contributed by atoms with E-state index in [9.17, 15) is 13.2 Å². The third-order valence-corrected chi connectivity index (χ3v) is 7.23. The number of aromatic nitrogens is 1. The number of carbonyl (C=O) groups excluding carboxylic acids is 1. The van der Waals surface area contributed by atoms with Gasteiger partial charge < -0.3 is 9.73 Å². The van der Waals surface area contributed by atoms with Crippen molar-refractivity contribution < 1.29 is 17.6 Å². The first-order chi connectivity index (χ1) is 12.9. The van der Waals surface area contributed by atoms with E-state index >= 15 is 0 Å². The Balaban J connectivity index is 1.86. The van der Waals surface area contributed by atoms with Crippen LogP contribution in [-0.2, 0) is 21.4 Å². The van der Waals surface area contributed by atoms with Gasteiger partial charge in [-0.05, 0) is 31.2 Å². The van der Waals surface area contributed by atoms with Crippen LogP contribution >= 0.6 is 22.9 Å². The number of nitrogens with zero attached hydrogens (tertiary/aromatic N) is 2. The van der Waals surface area contributed by atoms with Gasteiger partial charge in [-0.3, -0.25) is 4.79 Å². The van der Waals surface area contributed by atoms with Gasteiger partial charge in [0.2, 0.25) is 5.91 Å². The lowest BCUT2D eigenvalue weighted by atomic mass is 10.3. The number of sulfonamides is 1. The van der Waals surface area contributed by atoms with Crippen molar-refractivity contribution in [2.75, 3.05) is 11.9 Å². The quantitative estimate of drug-likeness (QED) is 0.625. The fourth-order valence-electron chi connectivity index (χ4n) is 2.39. The number of nitrogens with one attached hydrogen (secondary N) is 1. The van der Waals surface area contributed by atoms with Crippen molar-refractivity contribution >= 4 is 44.6 Å². The van der Waals surface area contributed by atoms with Crippen LogP contribution in [0.3, 0.4) is 0 Å². The molecule has 1 amide bonds. The minimum atomic E-state index is -3.99. The maximum atomic E-state index is 13.1. The molecule has 0 aliphatic rings. The molecule has 3 rings (SSSR count). The first-order valence-electron chi connectivity index (χ1n) is 7.86. The molecule has 0 aliphatic carbocycles. The van der Waals surface area contributed by atoms with Gasteiger partial charge in [0, 0.05) is 5.69 Å². The summed E-state index contributed by atoms with van der Waals surface area (Å²) in [5, 5.41) is 2.68. The highest BCUT2D eigenvalue weighted by molar-refractivity contribution is 7.91. The number of thiazole rings is 1. The van der Waals surface area contributed by atoms with Gasteiger partial charge >= 0.3 is 0 Å². The number of amides is 1. The summed E-state index contributed by atoms with van der Waals surface area (Å²) in [4.78, 5) is 16.4. The molecule has 2 heterocycles. The Morgan fingerprint density at radius 3 is 2.59 bits per heavy atom. The molecule has 3 aromatic rings. The van der Waals surface area contributed by atoms with Crippen molar-refractivity contribution in [1.29, 1.82) is 0 Å². The summed E-state index contributed by atoms with van der Waals surface area (Å²) >= 11 is 6.71. The Morgan fingerprint density at radius 2 is 2.00 bits per heavy atom. The number of para-hydroxylation sites is 1. The highest BCUT2D eigenvalue weighted by atomic mass is 35.5. The molecule has 1 aromatic carbocycles. The first-order valence-corrected chi connectivity index (χ1v) is 10.5. The van der Waals surface area contributed by atoms with E-state index in [4.69, 9.17) is 16.0 Å². The average Bonchev–Trinajstić information content (AvgIpc) is 3.24. The van der Waals surface area contributed by atoms with Crippen molar-refractivity contribution in [3.8, 4) is 0 Å². The van der Waals surface area contributed by atoms with Gasteiger partial charge in [-0.1, -0.05) is 41.1 Å². The third kappa shape index (κ3) is 4.75. The van der Waals surface area contributed by atoms with Gasteiger partial charge in [-0.25, -0.2) is 13.4 Å². The molecule has 0 saturated carbocycles. The van der Waals surface area contributed by atoms with E-state index in [2.05, 4.69) is 10.3 Å². The van der Waals surface area contributed by atoms with E-state index in [1.807, 2.05) is 6.07 Å². The predicted molar refractivity (Wildman–Crippen MR) is 103 cm³/mol. The Bertz CT molecular complexity index is 1020. The minimum absolute atomic E-state index is 0.00608. The van der Waals surface area contributed by atoms with E-state index < -0.39 is 15.9 Å². The molecule has 0 fully saturated rings. The molecule has 2 aromatic heterocycles. The van der Waals surface area contributed by atoms with Crippen LogP contribution in [0.2, 0.25) is 4.47 Å². The monoisotopic (exact) mass is 425 g/mol. The van der Waals surface area contributed by atoms with Crippen molar-refractivity contribution in [3.63, 3.8) is 0 Å². The Labute approximate surface area is 165 Å². The molecule has 142 valence electrons. The van der Waals surface area contributed by atoms with Gasteiger partial charge in [-0.2, -0.15) is 4.31 Å². The summed E-state index contributed by atoms with van der Waals surface area (Å²) in [6.45, 7) is 1.09. The van der Waals surface area contributed by atoms with Crippen LogP contribution in [-0.4, -0.2) is 30.2 Å². The zero-order valence-electron chi connectivity index (χ0n) is 14.3. The largest absolute Gasteiger partial charge is 0.468 e. The van der Waals surface area contributed by atoms with Gasteiger partial charge in [-0.15, -0.1) is 0 Å². The number of benzene rings is 1. The molecular formula is C17H16ClN3O4S2. The standard InChI is InChI=1S/C17H16ClN3O4S2/c1-12-16(26-17(18)19-12)27(23,24)21(10-14-8-5-9-25-14)11-15(22)20-13-6-3-2-4-7-13/h2-9H,10-11H2,1H3,(H,20,22). The maximum Gasteiger partial charge on any atom is 0.255 e. The summed E-state index contributed by atoms with van der Waals surface area (Å²) in [5.41, 5.74) is 0.868. The van der Waals surface area contributed by atoms with Crippen LogP contribution in [0.15, 0.2) is 57.4 Å². The summed E-state index contributed by atoms with van der Waals surface area (Å²) < 4.78 is 32.6. The van der Waals surface area contributed by atoms with E-state index in [1.54, 1.807) is 43.3 Å². The molecule has 0 saturated heterocycles. The smallest absolute Gasteiger partial charge is 0.255 e. The lowest BCUT2D eigenvalue weighted by Gasteiger charge is -2.20. The maximum absolute atomic E-state index is 13.1. The van der Waals surface area contributed by atoms with Crippen LogP contribution < -0.4 is 5.32 Å². The molecule has 0 radical (unpaired) electrons. The van der Waals surface area contributed by atoms with Gasteiger partial charge in [0.05, 0.1) is 25.0 Å². The Kier molecular flexibility index (Phi) is 5.95. The fourth-order valence-corrected chi connectivity index (χ4v) is 5.63. The van der Waals surface area contributed by atoms with E-state index in [0.717, 1.165) is 15.6 Å². The normalized spacial score (nSPS) is 11.7. The number of hydrogen-bond donors (Lipinski definition) is 1. The number of halogens is 1. The number of hydrogen-bond acceptors (Lipinski definition) is 6. The average molecular weight is 426 g/mol. The van der Waals surface area contributed by atoms with Crippen molar-refractivity contribution in [2.24, 2.45) is 0 Å². The molecule has 0 aliphatic heterocycles. The summed E-state index contributed by atoms with van der Waals surface area (Å²) in [6, 6.07) is 12.1. The molecule has 1 N–H and O–H groups in total. The molecule has 27 heavy (non-hydrogen) atoms. The van der Waals surface area contributed by atoms with Crippen LogP contribution in [0.4, 0.5) is 5.69 Å². The van der Waals surface area contributed by atoms with Gasteiger partial charge in [0.25, 0.3) is 10.0 Å². The molecule has 0 unspecified atom stereocenters. The molecular weight excluding hydrogens is 410 g/mol. The van der Waals surface area contributed by atoms with Crippen molar-refractivity contribution in [2.45, 2.75) is 17.7 Å². The number of carbonyl (C=O) groups is 1. The van der Waals surface area contributed by atoms with Crippen LogP contribution in [0, 0.1) is 6.92 Å². The van der Waals surface area contributed by atoms with Crippen molar-refractivity contribution in [1.82, 2.24) is 9.29 Å². The molecule has 0 atom stereocenters. The number of furan rings is 1. The lowest BCUT2D eigenvalue weighted by Crippen LogP contribution is -2.37. The second-order valence-electron chi connectivity index (χ2n) is 5.61. The van der Waals surface area contributed by atoms with Crippen LogP contribution in [0.1, 0.15) is 11.5 Å². The van der Waals surface area contributed by atoms with Crippen LogP contribution in [0.25, 0.3) is 0 Å². The van der Waals surface area contributed by atoms with Crippen LogP contribution in [0.5, 0.6) is 0 Å². The topological polar surface area (TPSA) is 92.5 Å². The third-order valence-electron chi connectivity index (χ3n) is 3.59. The summed E-state index contributed by atoms with van der Waals surface area (Å²) in [7, 11) is -3.99. The first kappa shape index (κ1) is 19.6.